The molecule has 4 atom stereocenters. The fraction of sp³-hybridized carbons (Fsp3) is 0.929. The van der Waals surface area contributed by atoms with E-state index in [1.54, 1.807) is 0 Å². The van der Waals surface area contributed by atoms with Gasteiger partial charge in [-0.25, -0.2) is 0 Å². The lowest BCUT2D eigenvalue weighted by Crippen LogP contribution is -2.47. The minimum Gasteiger partial charge on any atom is -0.364 e. The van der Waals surface area contributed by atoms with E-state index in [4.69, 9.17) is 10.5 Å². The molecule has 0 radical (unpaired) electrons. The summed E-state index contributed by atoms with van der Waals surface area (Å²) in [4.78, 5) is 14.4. The van der Waals surface area contributed by atoms with Gasteiger partial charge in [0, 0.05) is 18.6 Å². The Morgan fingerprint density at radius 3 is 2.52 bits per heavy atom. The summed E-state index contributed by atoms with van der Waals surface area (Å²) in [6, 6.07) is 0.884. The van der Waals surface area contributed by atoms with Crippen molar-refractivity contribution in [1.82, 2.24) is 10.2 Å². The van der Waals surface area contributed by atoms with Crippen molar-refractivity contribution >= 4 is 30.7 Å². The quantitative estimate of drug-likeness (QED) is 0.809. The van der Waals surface area contributed by atoms with Gasteiger partial charge < -0.3 is 20.7 Å². The fourth-order valence-electron chi connectivity index (χ4n) is 3.13. The van der Waals surface area contributed by atoms with E-state index in [9.17, 15) is 4.79 Å². The number of hydrogen-bond donors (Lipinski definition) is 2. The highest BCUT2D eigenvalue weighted by Gasteiger charge is 2.32. The highest BCUT2D eigenvalue weighted by molar-refractivity contribution is 5.85. The molecular formula is C14H29Cl2N3O2. The van der Waals surface area contributed by atoms with Crippen molar-refractivity contribution in [2.75, 3.05) is 20.6 Å². The Labute approximate surface area is 140 Å². The molecule has 3 N–H and O–H groups in total. The Balaban J connectivity index is 0.00000200. The zero-order chi connectivity index (χ0) is 13.8. The molecule has 2 unspecified atom stereocenters. The van der Waals surface area contributed by atoms with Crippen LogP contribution in [0, 0.1) is 0 Å². The maximum absolute atomic E-state index is 12.2. The number of amides is 1. The number of hydrogen-bond acceptors (Lipinski definition) is 4. The Kier molecular flexibility index (Phi) is 9.81. The van der Waals surface area contributed by atoms with Gasteiger partial charge >= 0.3 is 0 Å². The second-order valence-electron chi connectivity index (χ2n) is 6.05. The highest BCUT2D eigenvalue weighted by Crippen LogP contribution is 2.23. The normalized spacial score (nSPS) is 32.2. The SMILES string of the molecule is CN(C)C1CCCC(NC(=O)[C@@H]2CC[C@H](CN)O2)C1.Cl.Cl. The van der Waals surface area contributed by atoms with Crippen molar-refractivity contribution in [3.8, 4) is 0 Å². The van der Waals surface area contributed by atoms with Crippen molar-refractivity contribution in [3.63, 3.8) is 0 Å². The standard InChI is InChI=1S/C14H27N3O2.2ClH/c1-17(2)11-5-3-4-10(8-11)16-14(18)13-7-6-12(9-15)19-13;;/h10-13H,3-9,15H2,1-2H3,(H,16,18);2*1H/t10?,11?,12-,13+;;/m1../s1. The third-order valence-corrected chi connectivity index (χ3v) is 4.39. The number of nitrogens with one attached hydrogen (secondary N) is 1. The predicted molar refractivity (Wildman–Crippen MR) is 89.3 cm³/mol. The molecule has 5 nitrogen and oxygen atoms in total. The van der Waals surface area contributed by atoms with E-state index in [-0.39, 0.29) is 42.9 Å². The smallest absolute Gasteiger partial charge is 0.249 e. The first-order chi connectivity index (χ1) is 9.10. The van der Waals surface area contributed by atoms with Gasteiger partial charge in [0.25, 0.3) is 0 Å². The van der Waals surface area contributed by atoms with Crippen LogP contribution >= 0.6 is 24.8 Å². The van der Waals surface area contributed by atoms with E-state index < -0.39 is 0 Å². The largest absolute Gasteiger partial charge is 0.364 e. The molecule has 0 aromatic carbocycles. The minimum absolute atomic E-state index is 0. The number of rotatable bonds is 4. The summed E-state index contributed by atoms with van der Waals surface area (Å²) in [6.45, 7) is 0.510. The molecule has 0 bridgehead atoms. The lowest BCUT2D eigenvalue weighted by atomic mass is 9.90. The first kappa shape index (κ1) is 20.9. The van der Waals surface area contributed by atoms with E-state index in [2.05, 4.69) is 24.3 Å². The van der Waals surface area contributed by atoms with Gasteiger partial charge in [-0.05, 0) is 52.6 Å². The zero-order valence-corrected chi connectivity index (χ0v) is 14.5. The molecule has 1 amide bonds. The van der Waals surface area contributed by atoms with Crippen LogP contribution in [-0.2, 0) is 9.53 Å². The van der Waals surface area contributed by atoms with Crippen molar-refractivity contribution in [1.29, 1.82) is 0 Å². The highest BCUT2D eigenvalue weighted by atomic mass is 35.5. The van der Waals surface area contributed by atoms with Gasteiger partial charge in [-0.15, -0.1) is 24.8 Å². The third kappa shape index (κ3) is 5.91. The van der Waals surface area contributed by atoms with Crippen LogP contribution in [0.25, 0.3) is 0 Å². The molecule has 7 heteroatoms. The van der Waals surface area contributed by atoms with Gasteiger partial charge in [0.2, 0.25) is 5.91 Å². The molecule has 1 aliphatic carbocycles. The molecule has 2 aliphatic rings. The first-order valence-corrected chi connectivity index (χ1v) is 7.42. The zero-order valence-electron chi connectivity index (χ0n) is 12.9. The maximum Gasteiger partial charge on any atom is 0.249 e. The lowest BCUT2D eigenvalue weighted by Gasteiger charge is -2.34. The van der Waals surface area contributed by atoms with Crippen LogP contribution < -0.4 is 11.1 Å². The first-order valence-electron chi connectivity index (χ1n) is 7.42. The molecule has 1 heterocycles. The van der Waals surface area contributed by atoms with Crippen molar-refractivity contribution < 1.29 is 9.53 Å². The van der Waals surface area contributed by atoms with Crippen LogP contribution in [0.5, 0.6) is 0 Å². The van der Waals surface area contributed by atoms with E-state index in [0.29, 0.717) is 18.6 Å². The summed E-state index contributed by atoms with van der Waals surface area (Å²) in [7, 11) is 4.22. The molecular weight excluding hydrogens is 313 g/mol. The van der Waals surface area contributed by atoms with Crippen LogP contribution in [-0.4, -0.2) is 55.7 Å². The molecule has 21 heavy (non-hydrogen) atoms. The number of carbonyl (C=O) groups excluding carboxylic acids is 1. The fourth-order valence-corrected chi connectivity index (χ4v) is 3.13. The molecule has 1 aliphatic heterocycles. The van der Waals surface area contributed by atoms with Crippen LogP contribution in [0.2, 0.25) is 0 Å². The average molecular weight is 342 g/mol. The number of carbonyl (C=O) groups is 1. The number of ether oxygens (including phenoxy) is 1. The van der Waals surface area contributed by atoms with E-state index in [0.717, 1.165) is 25.7 Å². The molecule has 0 spiro atoms. The van der Waals surface area contributed by atoms with Crippen molar-refractivity contribution in [2.45, 2.75) is 62.8 Å². The topological polar surface area (TPSA) is 67.6 Å². The van der Waals surface area contributed by atoms with Crippen LogP contribution in [0.15, 0.2) is 0 Å². The molecule has 0 aromatic rings. The van der Waals surface area contributed by atoms with Crippen molar-refractivity contribution in [3.05, 3.63) is 0 Å². The average Bonchev–Trinajstić information content (AvgIpc) is 2.88. The molecule has 2 fully saturated rings. The number of halogens is 2. The second-order valence-corrected chi connectivity index (χ2v) is 6.05. The Bertz CT molecular complexity index is 319. The maximum atomic E-state index is 12.2. The van der Waals surface area contributed by atoms with E-state index in [1.807, 2.05) is 0 Å². The second kappa shape index (κ2) is 9.85. The van der Waals surface area contributed by atoms with Gasteiger partial charge in [-0.3, -0.25) is 4.79 Å². The predicted octanol–water partition coefficient (Wildman–Crippen LogP) is 1.33. The Morgan fingerprint density at radius 2 is 1.95 bits per heavy atom. The van der Waals surface area contributed by atoms with Gasteiger partial charge in [0.05, 0.1) is 6.10 Å². The summed E-state index contributed by atoms with van der Waals surface area (Å²) in [5, 5.41) is 3.16. The third-order valence-electron chi connectivity index (χ3n) is 4.39. The molecule has 0 aromatic heterocycles. The summed E-state index contributed by atoms with van der Waals surface area (Å²) >= 11 is 0. The summed E-state index contributed by atoms with van der Waals surface area (Å²) in [6.07, 6.45) is 6.04. The molecule has 1 saturated carbocycles. The van der Waals surface area contributed by atoms with Gasteiger partial charge in [0.1, 0.15) is 6.10 Å². The minimum atomic E-state index is -0.284. The summed E-state index contributed by atoms with van der Waals surface area (Å²) < 4.78 is 5.64. The molecule has 1 saturated heterocycles. The lowest BCUT2D eigenvalue weighted by molar-refractivity contribution is -0.132. The van der Waals surface area contributed by atoms with Crippen LogP contribution in [0.1, 0.15) is 38.5 Å². The number of nitrogens with zero attached hydrogens (tertiary/aromatic N) is 1. The van der Waals surface area contributed by atoms with E-state index >= 15 is 0 Å². The van der Waals surface area contributed by atoms with Gasteiger partial charge in [-0.1, -0.05) is 0 Å². The van der Waals surface area contributed by atoms with Gasteiger partial charge in [0.15, 0.2) is 0 Å². The molecule has 2 rings (SSSR count). The van der Waals surface area contributed by atoms with Gasteiger partial charge in [-0.2, -0.15) is 0 Å². The van der Waals surface area contributed by atoms with Crippen LogP contribution in [0.3, 0.4) is 0 Å². The van der Waals surface area contributed by atoms with Crippen LogP contribution in [0.4, 0.5) is 0 Å². The molecule has 126 valence electrons. The number of nitrogens with two attached hydrogens (primary N) is 1. The summed E-state index contributed by atoms with van der Waals surface area (Å²) in [5.41, 5.74) is 5.57. The monoisotopic (exact) mass is 341 g/mol. The Hall–Kier alpha value is -0.0700. The van der Waals surface area contributed by atoms with E-state index in [1.165, 1.54) is 12.8 Å². The van der Waals surface area contributed by atoms with Crippen molar-refractivity contribution in [2.24, 2.45) is 5.73 Å². The summed E-state index contributed by atoms with van der Waals surface area (Å²) in [5.74, 6) is 0.0559. The Morgan fingerprint density at radius 1 is 1.24 bits per heavy atom.